The summed E-state index contributed by atoms with van der Waals surface area (Å²) in [4.78, 5) is 33.1. The van der Waals surface area contributed by atoms with Crippen molar-refractivity contribution in [2.45, 2.75) is 31.8 Å². The molecule has 180 valence electrons. The number of hydrogen-bond acceptors (Lipinski definition) is 6. The molecule has 1 amide bonds. The van der Waals surface area contributed by atoms with Gasteiger partial charge in [-0.25, -0.2) is 9.37 Å². The van der Waals surface area contributed by atoms with Crippen molar-refractivity contribution in [2.24, 2.45) is 0 Å². The number of fused-ring (bicyclic) bond motifs is 1. The lowest BCUT2D eigenvalue weighted by atomic mass is 10.1. The summed E-state index contributed by atoms with van der Waals surface area (Å²) in [5, 5.41) is 0.255. The zero-order chi connectivity index (χ0) is 24.7. The van der Waals surface area contributed by atoms with Crippen LogP contribution in [0.5, 0.6) is 0 Å². The van der Waals surface area contributed by atoms with E-state index in [1.807, 2.05) is 36.9 Å². The molecule has 0 unspecified atom stereocenters. The number of thiazole rings is 1. The highest BCUT2D eigenvalue weighted by atomic mass is 32.2. The van der Waals surface area contributed by atoms with E-state index in [9.17, 15) is 14.0 Å². The van der Waals surface area contributed by atoms with Crippen molar-refractivity contribution in [3.8, 4) is 11.4 Å². The first-order valence-corrected chi connectivity index (χ1v) is 13.5. The molecule has 6 nitrogen and oxygen atoms in total. The minimum absolute atomic E-state index is 0.0155. The van der Waals surface area contributed by atoms with Crippen molar-refractivity contribution < 1.29 is 9.18 Å². The number of carbonyl (C=O) groups is 1. The van der Waals surface area contributed by atoms with E-state index >= 15 is 0 Å². The van der Waals surface area contributed by atoms with Crippen LogP contribution in [-0.2, 0) is 4.79 Å². The van der Waals surface area contributed by atoms with Gasteiger partial charge < -0.3 is 4.90 Å². The minimum atomic E-state index is -0.541. The molecule has 3 heterocycles. The molecule has 0 aliphatic carbocycles. The van der Waals surface area contributed by atoms with Crippen molar-refractivity contribution in [3.05, 3.63) is 73.7 Å². The van der Waals surface area contributed by atoms with Gasteiger partial charge in [-0.1, -0.05) is 41.3 Å². The number of amides is 1. The number of rotatable bonds is 5. The minimum Gasteiger partial charge on any atom is -0.342 e. The average Bonchev–Trinajstić information content (AvgIpc) is 3.49. The maximum absolute atomic E-state index is 14.8. The van der Waals surface area contributed by atoms with E-state index in [-0.39, 0.29) is 22.5 Å². The van der Waals surface area contributed by atoms with Gasteiger partial charge in [-0.2, -0.15) is 0 Å². The van der Waals surface area contributed by atoms with Crippen LogP contribution in [0.3, 0.4) is 0 Å². The fourth-order valence-electron chi connectivity index (χ4n) is 4.15. The molecule has 0 radical (unpaired) electrons. The van der Waals surface area contributed by atoms with Gasteiger partial charge >= 0.3 is 0 Å². The molecule has 1 fully saturated rings. The first kappa shape index (κ1) is 23.9. The summed E-state index contributed by atoms with van der Waals surface area (Å²) in [5.41, 5.74) is 3.15. The number of aryl methyl sites for hydroxylation is 2. The summed E-state index contributed by atoms with van der Waals surface area (Å²) in [6.45, 7) is 5.52. The Morgan fingerprint density at radius 1 is 1.11 bits per heavy atom. The molecule has 35 heavy (non-hydrogen) atoms. The summed E-state index contributed by atoms with van der Waals surface area (Å²) >= 11 is 7.93. The van der Waals surface area contributed by atoms with Gasteiger partial charge in [0.15, 0.2) is 14.8 Å². The monoisotopic (exact) mass is 526 g/mol. The molecule has 0 bridgehead atoms. The highest BCUT2D eigenvalue weighted by Crippen LogP contribution is 2.29. The molecule has 1 saturated heterocycles. The fraction of sp³-hybridized carbons (Fsp3) is 0.280. The van der Waals surface area contributed by atoms with Gasteiger partial charge in [0.2, 0.25) is 5.91 Å². The SMILES string of the molecule is Cc1ccc(-n2c(=S)sc3c(=O)n(-c4ccccc4F)c(SCC(=O)N4CCCC4)nc32)cc1C. The summed E-state index contributed by atoms with van der Waals surface area (Å²) < 4.78 is 18.7. The Balaban J connectivity index is 1.69. The topological polar surface area (TPSA) is 60.1 Å². The van der Waals surface area contributed by atoms with Gasteiger partial charge in [-0.15, -0.1) is 0 Å². The summed E-state index contributed by atoms with van der Waals surface area (Å²) in [6.07, 6.45) is 1.99. The van der Waals surface area contributed by atoms with Gasteiger partial charge in [-0.3, -0.25) is 18.7 Å². The number of nitrogens with zero attached hydrogens (tertiary/aromatic N) is 4. The molecule has 2 aromatic heterocycles. The van der Waals surface area contributed by atoms with Crippen LogP contribution in [0.1, 0.15) is 24.0 Å². The standard InChI is InChI=1S/C25H23FN4O2S3/c1-15-9-10-17(13-16(15)2)29-22-21(35-25(29)33)23(32)30(19-8-4-3-7-18(19)26)24(27-22)34-14-20(31)28-11-5-6-12-28/h3-4,7-10,13H,5-6,11-12,14H2,1-2H3. The Bertz CT molecular complexity index is 1570. The van der Waals surface area contributed by atoms with Crippen molar-refractivity contribution in [1.29, 1.82) is 0 Å². The lowest BCUT2D eigenvalue weighted by molar-refractivity contribution is -0.127. The third kappa shape index (κ3) is 4.46. The number of benzene rings is 2. The number of halogens is 1. The number of para-hydroxylation sites is 1. The summed E-state index contributed by atoms with van der Waals surface area (Å²) in [7, 11) is 0. The zero-order valence-electron chi connectivity index (χ0n) is 19.3. The third-order valence-corrected chi connectivity index (χ3v) is 8.48. The van der Waals surface area contributed by atoms with Crippen LogP contribution >= 0.6 is 35.3 Å². The Morgan fingerprint density at radius 3 is 2.57 bits per heavy atom. The van der Waals surface area contributed by atoms with E-state index in [2.05, 4.69) is 0 Å². The average molecular weight is 527 g/mol. The van der Waals surface area contributed by atoms with Crippen LogP contribution in [0.25, 0.3) is 21.7 Å². The number of carbonyl (C=O) groups excluding carboxylic acids is 1. The van der Waals surface area contributed by atoms with Crippen molar-refractivity contribution in [2.75, 3.05) is 18.8 Å². The van der Waals surface area contributed by atoms with E-state index in [1.165, 1.54) is 16.7 Å². The smallest absolute Gasteiger partial charge is 0.278 e. The van der Waals surface area contributed by atoms with Crippen LogP contribution in [0.2, 0.25) is 0 Å². The Kier molecular flexibility index (Phi) is 6.61. The molecule has 0 saturated carbocycles. The van der Waals surface area contributed by atoms with E-state index in [1.54, 1.807) is 16.7 Å². The van der Waals surface area contributed by atoms with E-state index in [0.717, 1.165) is 65.8 Å². The van der Waals surface area contributed by atoms with E-state index in [4.69, 9.17) is 17.2 Å². The molecule has 1 aliphatic rings. The highest BCUT2D eigenvalue weighted by Gasteiger charge is 2.23. The number of thioether (sulfide) groups is 1. The third-order valence-electron chi connectivity index (χ3n) is 6.20. The van der Waals surface area contributed by atoms with Crippen LogP contribution in [0, 0.1) is 23.6 Å². The van der Waals surface area contributed by atoms with Gasteiger partial charge in [0.05, 0.1) is 11.4 Å². The lowest BCUT2D eigenvalue weighted by Gasteiger charge is -2.16. The number of likely N-dealkylation sites (tertiary alicyclic amines) is 1. The summed E-state index contributed by atoms with van der Waals surface area (Å²) in [5.74, 6) is -0.445. The lowest BCUT2D eigenvalue weighted by Crippen LogP contribution is -2.30. The predicted molar refractivity (Wildman–Crippen MR) is 141 cm³/mol. The zero-order valence-corrected chi connectivity index (χ0v) is 21.7. The maximum Gasteiger partial charge on any atom is 0.278 e. The highest BCUT2D eigenvalue weighted by molar-refractivity contribution is 7.99. The molecular weight excluding hydrogens is 504 g/mol. The van der Waals surface area contributed by atoms with Crippen molar-refractivity contribution >= 4 is 51.6 Å². The second-order valence-corrected chi connectivity index (χ2v) is 11.1. The molecule has 5 rings (SSSR count). The van der Waals surface area contributed by atoms with Crippen LogP contribution in [-0.4, -0.2) is 43.8 Å². The Hall–Kier alpha value is -2.82. The van der Waals surface area contributed by atoms with Crippen molar-refractivity contribution in [3.63, 3.8) is 0 Å². The first-order valence-electron chi connectivity index (χ1n) is 11.3. The predicted octanol–water partition coefficient (Wildman–Crippen LogP) is 5.44. The molecule has 2 aromatic carbocycles. The molecule has 0 atom stereocenters. The Labute approximate surface area is 215 Å². The quantitative estimate of drug-likeness (QED) is 0.197. The van der Waals surface area contributed by atoms with Crippen LogP contribution in [0.4, 0.5) is 4.39 Å². The molecular formula is C25H23FN4O2S3. The number of aromatic nitrogens is 3. The van der Waals surface area contributed by atoms with Gasteiger partial charge in [0.25, 0.3) is 5.56 Å². The number of hydrogen-bond donors (Lipinski definition) is 0. The molecule has 10 heteroatoms. The van der Waals surface area contributed by atoms with Gasteiger partial charge in [0, 0.05) is 18.8 Å². The van der Waals surface area contributed by atoms with Gasteiger partial charge in [-0.05, 0) is 74.3 Å². The summed E-state index contributed by atoms with van der Waals surface area (Å²) in [6, 6.07) is 12.0. The van der Waals surface area contributed by atoms with E-state index in [0.29, 0.717) is 14.3 Å². The van der Waals surface area contributed by atoms with Gasteiger partial charge in [0.1, 0.15) is 10.5 Å². The maximum atomic E-state index is 14.8. The van der Waals surface area contributed by atoms with E-state index < -0.39 is 11.4 Å². The second-order valence-electron chi connectivity index (χ2n) is 8.49. The molecule has 0 spiro atoms. The van der Waals surface area contributed by atoms with Crippen LogP contribution in [0.15, 0.2) is 52.4 Å². The normalized spacial score (nSPS) is 13.6. The largest absolute Gasteiger partial charge is 0.342 e. The Morgan fingerprint density at radius 2 is 1.86 bits per heavy atom. The fourth-order valence-corrected chi connectivity index (χ4v) is 6.36. The van der Waals surface area contributed by atoms with Crippen molar-refractivity contribution in [1.82, 2.24) is 19.0 Å². The molecule has 1 aliphatic heterocycles. The molecule has 0 N–H and O–H groups in total. The van der Waals surface area contributed by atoms with Crippen LogP contribution < -0.4 is 5.56 Å². The second kappa shape index (κ2) is 9.67. The first-order chi connectivity index (χ1) is 16.8. The molecule has 4 aromatic rings.